The molecule has 2 aromatic rings. The minimum atomic E-state index is 0.246. The molecule has 0 spiro atoms. The van der Waals surface area contributed by atoms with Gasteiger partial charge >= 0.3 is 0 Å². The van der Waals surface area contributed by atoms with E-state index in [0.717, 1.165) is 28.7 Å². The molecule has 1 aliphatic carbocycles. The lowest BCUT2D eigenvalue weighted by molar-refractivity contribution is 0.219. The third-order valence-electron chi connectivity index (χ3n) is 3.39. The smallest absolute Gasteiger partial charge is 0.179 e. The molecule has 1 atom stereocenters. The van der Waals surface area contributed by atoms with Gasteiger partial charge in [-0.05, 0) is 24.3 Å². The molecule has 0 radical (unpaired) electrons. The highest BCUT2D eigenvalue weighted by Gasteiger charge is 2.19. The van der Waals surface area contributed by atoms with Crippen LogP contribution in [0.5, 0.6) is 0 Å². The van der Waals surface area contributed by atoms with Crippen molar-refractivity contribution in [3.63, 3.8) is 0 Å². The number of allylic oxidation sites excluding steroid dienone is 2. The van der Waals surface area contributed by atoms with Gasteiger partial charge in [0.1, 0.15) is 16.5 Å². The van der Waals surface area contributed by atoms with Gasteiger partial charge in [-0.1, -0.05) is 23.9 Å². The van der Waals surface area contributed by atoms with Crippen LogP contribution in [0.1, 0.15) is 6.42 Å². The summed E-state index contributed by atoms with van der Waals surface area (Å²) in [5, 5.41) is 1.15. The monoisotopic (exact) mass is 327 g/mol. The van der Waals surface area contributed by atoms with Gasteiger partial charge in [0.2, 0.25) is 0 Å². The average Bonchev–Trinajstić information content (AvgIpc) is 2.62. The molecule has 5 nitrogen and oxygen atoms in total. The fourth-order valence-electron chi connectivity index (χ4n) is 2.27. The molecule has 0 fully saturated rings. The Bertz CT molecular complexity index is 732. The molecule has 0 bridgehead atoms. The molecular weight excluding hydrogens is 310 g/mol. The summed E-state index contributed by atoms with van der Waals surface area (Å²) in [6.07, 6.45) is 8.32. The number of rotatable bonds is 5. The van der Waals surface area contributed by atoms with E-state index >= 15 is 0 Å². The summed E-state index contributed by atoms with van der Waals surface area (Å²) in [6.45, 7) is 0. The molecule has 0 saturated heterocycles. The van der Waals surface area contributed by atoms with E-state index < -0.39 is 0 Å². The van der Waals surface area contributed by atoms with Crippen LogP contribution in [0.15, 0.2) is 65.4 Å². The highest BCUT2D eigenvalue weighted by molar-refractivity contribution is 8.00. The average molecular weight is 327 g/mol. The molecule has 6 heteroatoms. The molecule has 0 N–H and O–H groups in total. The third kappa shape index (κ3) is 3.71. The van der Waals surface area contributed by atoms with Crippen molar-refractivity contribution in [2.45, 2.75) is 16.7 Å². The second kappa shape index (κ2) is 7.28. The van der Waals surface area contributed by atoms with Crippen molar-refractivity contribution in [3.05, 3.63) is 60.3 Å². The zero-order chi connectivity index (χ0) is 16.1. The standard InChI is InChI=1S/C17H17N3O2S/c1-21-14-7-6-12(11-15(14)22-2)23-16-8-10-19-17(20-16)13-5-3-4-9-18-13/h3-10,12H,11H2,1-2H3. The topological polar surface area (TPSA) is 57.1 Å². The molecule has 2 heterocycles. The number of methoxy groups -OCH3 is 2. The van der Waals surface area contributed by atoms with E-state index in [4.69, 9.17) is 9.47 Å². The maximum atomic E-state index is 5.40. The Morgan fingerprint density at radius 2 is 2.00 bits per heavy atom. The quantitative estimate of drug-likeness (QED) is 0.784. The molecule has 1 aliphatic rings. The van der Waals surface area contributed by atoms with Crippen molar-refractivity contribution < 1.29 is 9.47 Å². The van der Waals surface area contributed by atoms with Crippen LogP contribution in [-0.2, 0) is 9.47 Å². The first-order chi connectivity index (χ1) is 11.3. The summed E-state index contributed by atoms with van der Waals surface area (Å²) < 4.78 is 10.7. The first-order valence-electron chi connectivity index (χ1n) is 7.20. The van der Waals surface area contributed by atoms with Crippen molar-refractivity contribution in [2.24, 2.45) is 0 Å². The Morgan fingerprint density at radius 3 is 2.74 bits per heavy atom. The minimum Gasteiger partial charge on any atom is -0.497 e. The van der Waals surface area contributed by atoms with Crippen LogP contribution in [0.2, 0.25) is 0 Å². The molecule has 0 saturated carbocycles. The lowest BCUT2D eigenvalue weighted by atomic mass is 10.1. The zero-order valence-corrected chi connectivity index (χ0v) is 13.8. The molecule has 0 aliphatic heterocycles. The van der Waals surface area contributed by atoms with E-state index in [0.29, 0.717) is 5.82 Å². The van der Waals surface area contributed by atoms with E-state index in [1.165, 1.54) is 0 Å². The van der Waals surface area contributed by atoms with Gasteiger partial charge in [-0.25, -0.2) is 9.97 Å². The second-order valence-corrected chi connectivity index (χ2v) is 6.11. The van der Waals surface area contributed by atoms with Gasteiger partial charge < -0.3 is 9.47 Å². The number of hydrogen-bond donors (Lipinski definition) is 0. The van der Waals surface area contributed by atoms with Gasteiger partial charge in [0.15, 0.2) is 11.6 Å². The molecule has 0 aromatic carbocycles. The molecule has 23 heavy (non-hydrogen) atoms. The number of nitrogens with zero attached hydrogens (tertiary/aromatic N) is 3. The maximum absolute atomic E-state index is 5.40. The van der Waals surface area contributed by atoms with Crippen molar-refractivity contribution in [2.75, 3.05) is 14.2 Å². The fourth-order valence-corrected chi connectivity index (χ4v) is 3.25. The van der Waals surface area contributed by atoms with Crippen LogP contribution in [0.4, 0.5) is 0 Å². The Kier molecular flexibility index (Phi) is 4.92. The van der Waals surface area contributed by atoms with E-state index in [-0.39, 0.29) is 5.25 Å². The lowest BCUT2D eigenvalue weighted by Crippen LogP contribution is -2.10. The van der Waals surface area contributed by atoms with Crippen molar-refractivity contribution in [1.82, 2.24) is 15.0 Å². The molecule has 2 aromatic heterocycles. The molecule has 1 unspecified atom stereocenters. The van der Waals surface area contributed by atoms with Gasteiger partial charge in [0.25, 0.3) is 0 Å². The van der Waals surface area contributed by atoms with Crippen LogP contribution < -0.4 is 0 Å². The van der Waals surface area contributed by atoms with Crippen LogP contribution in [-0.4, -0.2) is 34.4 Å². The Balaban J connectivity index is 1.75. The fraction of sp³-hybridized carbons (Fsp3) is 0.235. The predicted octanol–water partition coefficient (Wildman–Crippen LogP) is 3.46. The number of hydrogen-bond acceptors (Lipinski definition) is 6. The van der Waals surface area contributed by atoms with Gasteiger partial charge in [0, 0.05) is 24.1 Å². The van der Waals surface area contributed by atoms with E-state index in [2.05, 4.69) is 21.0 Å². The highest BCUT2D eigenvalue weighted by atomic mass is 32.2. The first kappa shape index (κ1) is 15.6. The molecule has 0 amide bonds. The van der Waals surface area contributed by atoms with Crippen molar-refractivity contribution >= 4 is 11.8 Å². The van der Waals surface area contributed by atoms with Crippen LogP contribution in [0, 0.1) is 0 Å². The molecular formula is C17H17N3O2S. The minimum absolute atomic E-state index is 0.246. The first-order valence-corrected chi connectivity index (χ1v) is 8.08. The van der Waals surface area contributed by atoms with Crippen LogP contribution >= 0.6 is 11.8 Å². The second-order valence-electron chi connectivity index (χ2n) is 4.85. The summed E-state index contributed by atoms with van der Waals surface area (Å²) in [7, 11) is 3.31. The van der Waals surface area contributed by atoms with Crippen molar-refractivity contribution in [3.8, 4) is 11.5 Å². The summed E-state index contributed by atoms with van der Waals surface area (Å²) >= 11 is 1.67. The SMILES string of the molecule is COC1=C(OC)CC(Sc2ccnc(-c3ccccn3)n2)C=C1. The summed E-state index contributed by atoms with van der Waals surface area (Å²) in [4.78, 5) is 13.2. The summed E-state index contributed by atoms with van der Waals surface area (Å²) in [6, 6.07) is 7.62. The Hall–Kier alpha value is -2.34. The van der Waals surface area contributed by atoms with Gasteiger partial charge in [-0.15, -0.1) is 0 Å². The molecule has 118 valence electrons. The number of aromatic nitrogens is 3. The lowest BCUT2D eigenvalue weighted by Gasteiger charge is -2.20. The Labute approximate surface area is 139 Å². The van der Waals surface area contributed by atoms with Crippen LogP contribution in [0.3, 0.4) is 0 Å². The van der Waals surface area contributed by atoms with Gasteiger partial charge in [-0.3, -0.25) is 4.98 Å². The zero-order valence-electron chi connectivity index (χ0n) is 13.0. The predicted molar refractivity (Wildman–Crippen MR) is 89.7 cm³/mol. The molecule has 3 rings (SSSR count). The summed E-state index contributed by atoms with van der Waals surface area (Å²) in [5.41, 5.74) is 0.772. The van der Waals surface area contributed by atoms with E-state index in [1.807, 2.05) is 30.3 Å². The number of ether oxygens (including phenoxy) is 2. The van der Waals surface area contributed by atoms with Gasteiger partial charge in [-0.2, -0.15) is 0 Å². The van der Waals surface area contributed by atoms with Crippen molar-refractivity contribution in [1.29, 1.82) is 0 Å². The number of pyridine rings is 1. The highest BCUT2D eigenvalue weighted by Crippen LogP contribution is 2.32. The largest absolute Gasteiger partial charge is 0.497 e. The van der Waals surface area contributed by atoms with Crippen LogP contribution in [0.25, 0.3) is 11.5 Å². The van der Waals surface area contributed by atoms with Gasteiger partial charge in [0.05, 0.1) is 14.2 Å². The Morgan fingerprint density at radius 1 is 1.09 bits per heavy atom. The normalized spacial score (nSPS) is 17.2. The van der Waals surface area contributed by atoms with E-state index in [1.54, 1.807) is 38.4 Å². The number of thioether (sulfide) groups is 1. The maximum Gasteiger partial charge on any atom is 0.179 e. The summed E-state index contributed by atoms with van der Waals surface area (Å²) in [5.74, 6) is 2.27. The third-order valence-corrected chi connectivity index (χ3v) is 4.48. The van der Waals surface area contributed by atoms with E-state index in [9.17, 15) is 0 Å².